The highest BCUT2D eigenvalue weighted by Gasteiger charge is 2.13. The van der Waals surface area contributed by atoms with Crippen LogP contribution in [0.25, 0.3) is 10.4 Å². The van der Waals surface area contributed by atoms with Gasteiger partial charge in [0.1, 0.15) is 4.83 Å². The number of ether oxygens (including phenoxy) is 1. The van der Waals surface area contributed by atoms with E-state index < -0.39 is 0 Å². The Bertz CT molecular complexity index is 204. The van der Waals surface area contributed by atoms with Crippen LogP contribution in [-0.2, 0) is 9.53 Å². The molecule has 0 rings (SSSR count). The zero-order valence-electron chi connectivity index (χ0n) is 7.44. The Labute approximate surface area is 85.2 Å². The number of unbranched alkanes of at least 4 members (excludes halogenated alkanes) is 1. The molecule has 0 fully saturated rings. The maximum Gasteiger partial charge on any atom is 0.319 e. The topological polar surface area (TPSA) is 75.1 Å². The Balaban J connectivity index is 3.41. The number of rotatable bonds is 6. The van der Waals surface area contributed by atoms with E-state index in [-0.39, 0.29) is 10.8 Å². The second kappa shape index (κ2) is 7.89. The predicted molar refractivity (Wildman–Crippen MR) is 52.6 cm³/mol. The minimum Gasteiger partial charge on any atom is -0.468 e. The van der Waals surface area contributed by atoms with Gasteiger partial charge in [0.2, 0.25) is 0 Å². The van der Waals surface area contributed by atoms with Crippen molar-refractivity contribution in [3.63, 3.8) is 0 Å². The molecule has 6 heteroatoms. The van der Waals surface area contributed by atoms with Crippen molar-refractivity contribution in [2.75, 3.05) is 13.7 Å². The van der Waals surface area contributed by atoms with Gasteiger partial charge in [0.05, 0.1) is 7.11 Å². The molecule has 13 heavy (non-hydrogen) atoms. The Morgan fingerprint density at radius 2 is 2.38 bits per heavy atom. The average Bonchev–Trinajstić information content (AvgIpc) is 2.16. The zero-order valence-corrected chi connectivity index (χ0v) is 9.03. The third kappa shape index (κ3) is 6.42. The minimum atomic E-state index is -0.260. The van der Waals surface area contributed by atoms with Crippen molar-refractivity contribution in [3.8, 4) is 0 Å². The number of methoxy groups -OCH3 is 1. The third-order valence-electron chi connectivity index (χ3n) is 1.49. The number of carbonyl (C=O) groups excluding carboxylic acids is 1. The van der Waals surface area contributed by atoms with Crippen LogP contribution >= 0.6 is 15.9 Å². The molecule has 1 atom stereocenters. The first-order valence-corrected chi connectivity index (χ1v) is 4.86. The van der Waals surface area contributed by atoms with Crippen molar-refractivity contribution in [2.24, 2.45) is 5.11 Å². The fourth-order valence-corrected chi connectivity index (χ4v) is 1.31. The van der Waals surface area contributed by atoms with E-state index in [0.717, 1.165) is 12.8 Å². The van der Waals surface area contributed by atoms with Gasteiger partial charge in [-0.1, -0.05) is 27.5 Å². The van der Waals surface area contributed by atoms with Gasteiger partial charge in [-0.15, -0.1) is 0 Å². The SMILES string of the molecule is COC(=O)C(Br)CCCCN=[N+]=[N-]. The quantitative estimate of drug-likeness (QED) is 0.181. The van der Waals surface area contributed by atoms with Gasteiger partial charge >= 0.3 is 5.97 Å². The molecule has 0 aromatic heterocycles. The normalized spacial score (nSPS) is 11.5. The van der Waals surface area contributed by atoms with Crippen molar-refractivity contribution in [1.29, 1.82) is 0 Å². The van der Waals surface area contributed by atoms with Crippen LogP contribution in [0.15, 0.2) is 5.11 Å². The third-order valence-corrected chi connectivity index (χ3v) is 2.32. The molecular formula is C7H12BrN3O2. The van der Waals surface area contributed by atoms with Crippen LogP contribution in [0, 0.1) is 0 Å². The number of alkyl halides is 1. The lowest BCUT2D eigenvalue weighted by atomic mass is 10.2. The monoisotopic (exact) mass is 249 g/mol. The van der Waals surface area contributed by atoms with Crippen LogP contribution in [0.2, 0.25) is 0 Å². The minimum absolute atomic E-state index is 0.247. The summed E-state index contributed by atoms with van der Waals surface area (Å²) < 4.78 is 4.52. The van der Waals surface area contributed by atoms with Gasteiger partial charge < -0.3 is 4.74 Å². The van der Waals surface area contributed by atoms with Crippen molar-refractivity contribution >= 4 is 21.9 Å². The van der Waals surface area contributed by atoms with E-state index >= 15 is 0 Å². The summed E-state index contributed by atoms with van der Waals surface area (Å²) in [7, 11) is 1.36. The molecule has 0 saturated heterocycles. The molecule has 0 aromatic carbocycles. The molecule has 0 aliphatic heterocycles. The lowest BCUT2D eigenvalue weighted by Crippen LogP contribution is -2.15. The number of nitrogens with zero attached hydrogens (tertiary/aromatic N) is 3. The molecule has 5 nitrogen and oxygen atoms in total. The summed E-state index contributed by atoms with van der Waals surface area (Å²) in [5.74, 6) is -0.260. The van der Waals surface area contributed by atoms with Gasteiger partial charge in [-0.05, 0) is 18.4 Å². The summed E-state index contributed by atoms with van der Waals surface area (Å²) in [6.07, 6.45) is 2.33. The largest absolute Gasteiger partial charge is 0.468 e. The molecular weight excluding hydrogens is 238 g/mol. The van der Waals surface area contributed by atoms with Crippen LogP contribution in [0.4, 0.5) is 0 Å². The first kappa shape index (κ1) is 12.3. The van der Waals surface area contributed by atoms with E-state index in [0.29, 0.717) is 13.0 Å². The van der Waals surface area contributed by atoms with Crippen molar-refractivity contribution in [2.45, 2.75) is 24.1 Å². The van der Waals surface area contributed by atoms with Gasteiger partial charge in [-0.3, -0.25) is 4.79 Å². The Hall–Kier alpha value is -0.740. The fourth-order valence-electron chi connectivity index (χ4n) is 0.797. The number of hydrogen-bond acceptors (Lipinski definition) is 3. The second-order valence-corrected chi connectivity index (χ2v) is 3.55. The van der Waals surface area contributed by atoms with Gasteiger partial charge in [-0.25, -0.2) is 0 Å². The highest BCUT2D eigenvalue weighted by Crippen LogP contribution is 2.11. The molecule has 0 heterocycles. The highest BCUT2D eigenvalue weighted by atomic mass is 79.9. The molecule has 0 N–H and O–H groups in total. The van der Waals surface area contributed by atoms with Crippen LogP contribution < -0.4 is 0 Å². The van der Waals surface area contributed by atoms with E-state index in [4.69, 9.17) is 5.53 Å². The van der Waals surface area contributed by atoms with E-state index in [9.17, 15) is 4.79 Å². The summed E-state index contributed by atoms with van der Waals surface area (Å²) in [4.78, 5) is 13.3. The van der Waals surface area contributed by atoms with E-state index in [1.807, 2.05) is 0 Å². The molecule has 0 amide bonds. The molecule has 0 aromatic rings. The average molecular weight is 250 g/mol. The molecule has 0 radical (unpaired) electrons. The van der Waals surface area contributed by atoms with Crippen LogP contribution in [0.3, 0.4) is 0 Å². The van der Waals surface area contributed by atoms with Gasteiger partial charge in [0, 0.05) is 11.5 Å². The second-order valence-electron chi connectivity index (χ2n) is 2.44. The summed E-state index contributed by atoms with van der Waals surface area (Å²) in [5, 5.41) is 3.38. The number of halogens is 1. The van der Waals surface area contributed by atoms with E-state index in [1.165, 1.54) is 7.11 Å². The molecule has 74 valence electrons. The maximum atomic E-state index is 10.9. The lowest BCUT2D eigenvalue weighted by Gasteiger charge is -2.05. The molecule has 0 spiro atoms. The van der Waals surface area contributed by atoms with Gasteiger partial charge in [0.15, 0.2) is 0 Å². The summed E-state index contributed by atoms with van der Waals surface area (Å²) >= 11 is 3.19. The van der Waals surface area contributed by atoms with Crippen LogP contribution in [-0.4, -0.2) is 24.5 Å². The van der Waals surface area contributed by atoms with E-state index in [2.05, 4.69) is 30.7 Å². The number of esters is 1. The lowest BCUT2D eigenvalue weighted by molar-refractivity contribution is -0.139. The van der Waals surface area contributed by atoms with Gasteiger partial charge in [0.25, 0.3) is 0 Å². The molecule has 0 aliphatic carbocycles. The fraction of sp³-hybridized carbons (Fsp3) is 0.857. The molecule has 0 bridgehead atoms. The standard InChI is InChI=1S/C7H12BrN3O2/c1-13-7(12)6(8)4-2-3-5-10-11-9/h6H,2-5H2,1H3. The highest BCUT2D eigenvalue weighted by molar-refractivity contribution is 9.10. The summed E-state index contributed by atoms with van der Waals surface area (Å²) in [6, 6.07) is 0. The van der Waals surface area contributed by atoms with Crippen LogP contribution in [0.5, 0.6) is 0 Å². The summed E-state index contributed by atoms with van der Waals surface area (Å²) in [6.45, 7) is 0.484. The Morgan fingerprint density at radius 3 is 2.92 bits per heavy atom. The van der Waals surface area contributed by atoms with Crippen LogP contribution in [0.1, 0.15) is 19.3 Å². The molecule has 1 unspecified atom stereocenters. The first-order valence-electron chi connectivity index (χ1n) is 3.95. The van der Waals surface area contributed by atoms with Crippen molar-refractivity contribution in [3.05, 3.63) is 10.4 Å². The predicted octanol–water partition coefficient (Wildman–Crippen LogP) is 2.40. The molecule has 0 aliphatic rings. The number of carbonyl (C=O) groups is 1. The van der Waals surface area contributed by atoms with E-state index in [1.54, 1.807) is 0 Å². The zero-order chi connectivity index (χ0) is 10.1. The van der Waals surface area contributed by atoms with Crippen molar-refractivity contribution < 1.29 is 9.53 Å². The number of azide groups is 1. The summed E-state index contributed by atoms with van der Waals surface area (Å²) in [5.41, 5.74) is 7.98. The Morgan fingerprint density at radius 1 is 1.69 bits per heavy atom. The smallest absolute Gasteiger partial charge is 0.319 e. The first-order chi connectivity index (χ1) is 6.22. The van der Waals surface area contributed by atoms with Crippen molar-refractivity contribution in [1.82, 2.24) is 0 Å². The maximum absolute atomic E-state index is 10.9. The van der Waals surface area contributed by atoms with Gasteiger partial charge in [-0.2, -0.15) is 0 Å². The molecule has 0 saturated carbocycles. The number of hydrogen-bond donors (Lipinski definition) is 0. The Kier molecular flexibility index (Phi) is 7.44.